The molecule has 4 rings (SSSR count). The summed E-state index contributed by atoms with van der Waals surface area (Å²) in [6, 6.07) is 0. The smallest absolute Gasteiger partial charge is 0.190 e. The summed E-state index contributed by atoms with van der Waals surface area (Å²) in [6.45, 7) is 3.40. The van der Waals surface area contributed by atoms with Crippen LogP contribution in [0.3, 0.4) is 0 Å². The quantitative estimate of drug-likeness (QED) is 0.785. The fourth-order valence-corrected chi connectivity index (χ4v) is 7.45. The molecule has 6 unspecified atom stereocenters. The number of aliphatic hydroxyl groups is 2. The molecule has 7 atom stereocenters. The lowest BCUT2D eigenvalue weighted by atomic mass is 9.44. The molecule has 0 amide bonds. The Kier molecular flexibility index (Phi) is 4.02. The third kappa shape index (κ3) is 2.13. The number of ketones is 3. The predicted octanol–water partition coefficient (Wildman–Crippen LogP) is 2.07. The summed E-state index contributed by atoms with van der Waals surface area (Å²) in [4.78, 5) is 37.6. The zero-order valence-electron chi connectivity index (χ0n) is 15.8. The van der Waals surface area contributed by atoms with Crippen molar-refractivity contribution in [3.8, 4) is 0 Å². The molecule has 0 aromatic carbocycles. The van der Waals surface area contributed by atoms with Gasteiger partial charge in [-0.15, -0.1) is 0 Å². The topological polar surface area (TPSA) is 91.7 Å². The van der Waals surface area contributed by atoms with Gasteiger partial charge in [0.05, 0.1) is 0 Å². The van der Waals surface area contributed by atoms with E-state index in [9.17, 15) is 24.6 Å². The van der Waals surface area contributed by atoms with Gasteiger partial charge in [-0.3, -0.25) is 14.4 Å². The SMILES string of the molecule is CC12CCC(=O)CC1CCC1C2C(=O)CC2(C)C1CC[C@]2(O)C(=O)CO. The van der Waals surface area contributed by atoms with Crippen molar-refractivity contribution in [2.75, 3.05) is 6.61 Å². The van der Waals surface area contributed by atoms with Gasteiger partial charge in [0, 0.05) is 30.6 Å². The minimum Gasteiger partial charge on any atom is -0.388 e. The van der Waals surface area contributed by atoms with Crippen molar-refractivity contribution in [2.24, 2.45) is 34.5 Å². The van der Waals surface area contributed by atoms with Gasteiger partial charge in [-0.25, -0.2) is 0 Å². The third-order valence-corrected chi connectivity index (χ3v) is 8.93. The van der Waals surface area contributed by atoms with Gasteiger partial charge in [-0.2, -0.15) is 0 Å². The molecule has 0 aromatic heterocycles. The molecule has 0 aromatic rings. The van der Waals surface area contributed by atoms with Crippen molar-refractivity contribution in [3.05, 3.63) is 0 Å². The van der Waals surface area contributed by atoms with E-state index < -0.39 is 23.4 Å². The van der Waals surface area contributed by atoms with E-state index in [1.165, 1.54) is 0 Å². The van der Waals surface area contributed by atoms with Crippen molar-refractivity contribution < 1.29 is 24.6 Å². The molecular weight excluding hydrogens is 332 g/mol. The maximum atomic E-state index is 13.3. The first-order valence-electron chi connectivity index (χ1n) is 10.1. The van der Waals surface area contributed by atoms with E-state index in [1.807, 2.05) is 6.92 Å². The van der Waals surface area contributed by atoms with Crippen LogP contribution in [0.15, 0.2) is 0 Å². The van der Waals surface area contributed by atoms with Crippen LogP contribution in [0.4, 0.5) is 0 Å². The standard InChI is InChI=1S/C21H30O5/c1-19-7-5-13(23)9-12(19)3-4-14-15-6-8-21(26,17(25)11-22)20(15,2)10-16(24)18(14)19/h12,14-15,18,22,26H,3-11H2,1-2H3/t12?,14?,15?,18?,19?,20?,21-/m0/s1. The lowest BCUT2D eigenvalue weighted by Crippen LogP contribution is -2.62. The Bertz CT molecular complexity index is 671. The van der Waals surface area contributed by atoms with Crippen LogP contribution in [0, 0.1) is 34.5 Å². The molecular formula is C21H30O5. The normalized spacial score (nSPS) is 50.8. The second kappa shape index (κ2) is 5.71. The Morgan fingerprint density at radius 3 is 2.58 bits per heavy atom. The molecule has 0 bridgehead atoms. The number of rotatable bonds is 2. The van der Waals surface area contributed by atoms with Crippen LogP contribution < -0.4 is 0 Å². The van der Waals surface area contributed by atoms with Crippen molar-refractivity contribution in [2.45, 2.75) is 70.8 Å². The number of carbonyl (C=O) groups excluding carboxylic acids is 3. The summed E-state index contributed by atoms with van der Waals surface area (Å²) in [5.41, 5.74) is -2.50. The number of aliphatic hydroxyl groups excluding tert-OH is 1. The summed E-state index contributed by atoms with van der Waals surface area (Å²) in [7, 11) is 0. The lowest BCUT2D eigenvalue weighted by Gasteiger charge is -2.59. The number of hydrogen-bond acceptors (Lipinski definition) is 5. The summed E-state index contributed by atoms with van der Waals surface area (Å²) < 4.78 is 0. The molecule has 5 nitrogen and oxygen atoms in total. The highest BCUT2D eigenvalue weighted by Gasteiger charge is 2.68. The first-order chi connectivity index (χ1) is 12.2. The van der Waals surface area contributed by atoms with E-state index in [-0.39, 0.29) is 41.3 Å². The lowest BCUT2D eigenvalue weighted by molar-refractivity contribution is -0.178. The molecule has 0 heterocycles. The van der Waals surface area contributed by atoms with Crippen molar-refractivity contribution >= 4 is 17.3 Å². The van der Waals surface area contributed by atoms with E-state index in [1.54, 1.807) is 0 Å². The molecule has 2 N–H and O–H groups in total. The Hall–Kier alpha value is -1.07. The number of fused-ring (bicyclic) bond motifs is 5. The van der Waals surface area contributed by atoms with E-state index in [4.69, 9.17) is 0 Å². The zero-order chi connectivity index (χ0) is 18.9. The zero-order valence-corrected chi connectivity index (χ0v) is 15.8. The van der Waals surface area contributed by atoms with Crippen molar-refractivity contribution in [1.82, 2.24) is 0 Å². The maximum Gasteiger partial charge on any atom is 0.190 e. The minimum atomic E-state index is -1.59. The van der Waals surface area contributed by atoms with E-state index in [0.717, 1.165) is 25.7 Å². The maximum absolute atomic E-state index is 13.3. The molecule has 4 fully saturated rings. The fraction of sp³-hybridized carbons (Fsp3) is 0.857. The van der Waals surface area contributed by atoms with E-state index in [0.29, 0.717) is 25.0 Å². The average molecular weight is 362 g/mol. The van der Waals surface area contributed by atoms with Crippen LogP contribution in [0.25, 0.3) is 0 Å². The Labute approximate surface area is 154 Å². The molecule has 4 saturated carbocycles. The van der Waals surface area contributed by atoms with Gasteiger partial charge in [0.1, 0.15) is 23.8 Å². The fourth-order valence-electron chi connectivity index (χ4n) is 7.45. The predicted molar refractivity (Wildman–Crippen MR) is 94.2 cm³/mol. The van der Waals surface area contributed by atoms with Crippen LogP contribution in [-0.4, -0.2) is 39.8 Å². The molecule has 0 aliphatic heterocycles. The molecule has 4 aliphatic rings. The van der Waals surface area contributed by atoms with Crippen molar-refractivity contribution in [1.29, 1.82) is 0 Å². The molecule has 0 spiro atoms. The van der Waals surface area contributed by atoms with Crippen LogP contribution in [-0.2, 0) is 14.4 Å². The molecule has 144 valence electrons. The van der Waals surface area contributed by atoms with Gasteiger partial charge in [-0.05, 0) is 55.3 Å². The molecule has 5 heteroatoms. The second-order valence-corrected chi connectivity index (χ2v) is 9.81. The average Bonchev–Trinajstić information content (AvgIpc) is 2.86. The van der Waals surface area contributed by atoms with Gasteiger partial charge < -0.3 is 10.2 Å². The van der Waals surface area contributed by atoms with Crippen molar-refractivity contribution in [3.63, 3.8) is 0 Å². The summed E-state index contributed by atoms with van der Waals surface area (Å²) in [5.74, 6) is 0.468. The van der Waals surface area contributed by atoms with Gasteiger partial charge in [0.25, 0.3) is 0 Å². The van der Waals surface area contributed by atoms with Gasteiger partial charge >= 0.3 is 0 Å². The third-order valence-electron chi connectivity index (χ3n) is 8.93. The van der Waals surface area contributed by atoms with E-state index >= 15 is 0 Å². The summed E-state index contributed by atoms with van der Waals surface area (Å²) >= 11 is 0. The first-order valence-corrected chi connectivity index (χ1v) is 10.1. The first kappa shape index (κ1) is 18.3. The number of hydrogen-bond donors (Lipinski definition) is 2. The summed E-state index contributed by atoms with van der Waals surface area (Å²) in [6.07, 6.45) is 5.07. The van der Waals surface area contributed by atoms with Gasteiger partial charge in [0.2, 0.25) is 0 Å². The highest BCUT2D eigenvalue weighted by molar-refractivity contribution is 5.92. The monoisotopic (exact) mass is 362 g/mol. The van der Waals surface area contributed by atoms with Crippen LogP contribution in [0.1, 0.15) is 65.2 Å². The number of Topliss-reactive ketones (excluding diaryl/α,β-unsaturated/α-hetero) is 3. The number of carbonyl (C=O) groups is 3. The highest BCUT2D eigenvalue weighted by atomic mass is 16.3. The Balaban J connectivity index is 1.71. The largest absolute Gasteiger partial charge is 0.388 e. The molecule has 0 radical (unpaired) electrons. The van der Waals surface area contributed by atoms with Crippen LogP contribution in [0.2, 0.25) is 0 Å². The van der Waals surface area contributed by atoms with Crippen LogP contribution >= 0.6 is 0 Å². The second-order valence-electron chi connectivity index (χ2n) is 9.81. The Morgan fingerprint density at radius 1 is 1.15 bits per heavy atom. The van der Waals surface area contributed by atoms with Gasteiger partial charge in [-0.1, -0.05) is 13.8 Å². The highest BCUT2D eigenvalue weighted by Crippen LogP contribution is 2.67. The molecule has 4 aliphatic carbocycles. The van der Waals surface area contributed by atoms with Gasteiger partial charge in [0.15, 0.2) is 5.78 Å². The van der Waals surface area contributed by atoms with Crippen LogP contribution in [0.5, 0.6) is 0 Å². The minimum absolute atomic E-state index is 0.0565. The summed E-state index contributed by atoms with van der Waals surface area (Å²) in [5, 5.41) is 20.5. The van der Waals surface area contributed by atoms with E-state index in [2.05, 4.69) is 6.92 Å². The molecule has 26 heavy (non-hydrogen) atoms. The molecule has 0 saturated heterocycles. The Morgan fingerprint density at radius 2 is 1.88 bits per heavy atom.